The minimum absolute atomic E-state index is 0.0397. The molecule has 0 aliphatic carbocycles. The zero-order valence-corrected chi connectivity index (χ0v) is 23.4. The van der Waals surface area contributed by atoms with Crippen LogP contribution in [0, 0.1) is 5.41 Å². The molecular weight excluding hydrogens is 514 g/mol. The fraction of sp³-hybridized carbons (Fsp3) is 0.400. The minimum atomic E-state index is -4.11. The highest BCUT2D eigenvalue weighted by molar-refractivity contribution is 7.89. The van der Waals surface area contributed by atoms with E-state index in [0.29, 0.717) is 22.8 Å². The van der Waals surface area contributed by atoms with Crippen molar-refractivity contribution < 1.29 is 32.5 Å². The molecule has 0 radical (unpaired) electrons. The lowest BCUT2D eigenvalue weighted by atomic mass is 9.82. The van der Waals surface area contributed by atoms with Crippen LogP contribution in [0.1, 0.15) is 42.7 Å². The maximum absolute atomic E-state index is 12.4. The van der Waals surface area contributed by atoms with Gasteiger partial charge >= 0.3 is 10.2 Å². The number of nitrogens with one attached hydrogen (secondary N) is 2. The number of methoxy groups -OCH3 is 3. The number of aliphatic imine (C=N–C) groups is 1. The summed E-state index contributed by atoms with van der Waals surface area (Å²) in [5.41, 5.74) is 0.295. The monoisotopic (exact) mass is 547 g/mol. The second-order valence-corrected chi connectivity index (χ2v) is 11.1. The van der Waals surface area contributed by atoms with Gasteiger partial charge in [0, 0.05) is 14.1 Å². The molecule has 0 spiro atoms. The van der Waals surface area contributed by atoms with Crippen LogP contribution < -0.4 is 24.2 Å². The third-order valence-electron chi connectivity index (χ3n) is 5.67. The van der Waals surface area contributed by atoms with Crippen LogP contribution in [0.3, 0.4) is 0 Å². The Labute approximate surface area is 222 Å². The number of nitrogens with zero attached hydrogens (tertiary/aromatic N) is 3. The normalized spacial score (nSPS) is 16.3. The molecule has 2 aromatic rings. The molecule has 0 aromatic heterocycles. The fourth-order valence-electron chi connectivity index (χ4n) is 3.87. The molecule has 1 aliphatic rings. The van der Waals surface area contributed by atoms with E-state index in [2.05, 4.69) is 14.4 Å². The summed E-state index contributed by atoms with van der Waals surface area (Å²) < 4.78 is 47.3. The van der Waals surface area contributed by atoms with Gasteiger partial charge < -0.3 is 29.5 Å². The van der Waals surface area contributed by atoms with Crippen LogP contribution in [-0.2, 0) is 10.2 Å². The Morgan fingerprint density at radius 1 is 1.11 bits per heavy atom. The lowest BCUT2D eigenvalue weighted by Gasteiger charge is -2.29. The molecule has 3 rings (SSSR count). The first-order valence-corrected chi connectivity index (χ1v) is 13.0. The number of benzene rings is 2. The Kier molecular flexibility index (Phi) is 8.10. The van der Waals surface area contributed by atoms with Gasteiger partial charge in [0.25, 0.3) is 5.91 Å². The molecule has 3 N–H and O–H groups in total. The quantitative estimate of drug-likeness (QED) is 0.448. The summed E-state index contributed by atoms with van der Waals surface area (Å²) in [4.78, 5) is 18.5. The predicted molar refractivity (Wildman–Crippen MR) is 145 cm³/mol. The highest BCUT2D eigenvalue weighted by atomic mass is 32.2. The minimum Gasteiger partial charge on any atom is -0.505 e. The number of amides is 1. The van der Waals surface area contributed by atoms with Crippen LogP contribution in [0.5, 0.6) is 23.0 Å². The van der Waals surface area contributed by atoms with Gasteiger partial charge in [-0.1, -0.05) is 26.8 Å². The number of aromatic hydroxyl groups is 1. The fourth-order valence-corrected chi connectivity index (χ4v) is 4.68. The average molecular weight is 548 g/mol. The standard InChI is InChI=1S/C25H33N5O7S/c1-25(2,3)21(14-12-17(35-6)20(37-8)18(13-14)36-7)27-23-22(28-38(33,34)29-23)26-16-11-9-10-15(19(16)31)24(32)30(4)5/h9-13,21,31H,1-8H3,(H,26,28)(H,27,29). The molecule has 0 saturated heterocycles. The molecule has 38 heavy (non-hydrogen) atoms. The third-order valence-corrected chi connectivity index (χ3v) is 6.54. The summed E-state index contributed by atoms with van der Waals surface area (Å²) >= 11 is 0. The van der Waals surface area contributed by atoms with Gasteiger partial charge in [0.1, 0.15) is 0 Å². The van der Waals surface area contributed by atoms with Crippen molar-refractivity contribution in [3.8, 4) is 23.0 Å². The molecule has 0 saturated carbocycles. The lowest BCUT2D eigenvalue weighted by molar-refractivity contribution is 0.0824. The summed E-state index contributed by atoms with van der Waals surface area (Å²) in [6.07, 6.45) is 0. The number of amidine groups is 2. The Morgan fingerprint density at radius 3 is 2.21 bits per heavy atom. The lowest BCUT2D eigenvalue weighted by Crippen LogP contribution is -2.32. The van der Waals surface area contributed by atoms with Crippen LogP contribution in [0.2, 0.25) is 0 Å². The third kappa shape index (κ3) is 5.93. The van der Waals surface area contributed by atoms with Gasteiger partial charge in [0.2, 0.25) is 5.75 Å². The first kappa shape index (κ1) is 28.6. The second-order valence-electron chi connectivity index (χ2n) is 9.75. The molecule has 1 unspecified atom stereocenters. The van der Waals surface area contributed by atoms with Crippen LogP contribution in [0.15, 0.2) is 39.7 Å². The molecule has 1 aliphatic heterocycles. The average Bonchev–Trinajstić information content (AvgIpc) is 3.14. The molecule has 1 amide bonds. The van der Waals surface area contributed by atoms with Crippen LogP contribution in [0.4, 0.5) is 5.69 Å². The van der Waals surface area contributed by atoms with E-state index in [-0.39, 0.29) is 28.7 Å². The molecular formula is C25H33N5O7S. The van der Waals surface area contributed by atoms with Gasteiger partial charge in [-0.25, -0.2) is 4.72 Å². The summed E-state index contributed by atoms with van der Waals surface area (Å²) in [7, 11) is 3.50. The number of phenolic OH excluding ortho intramolecular Hbond substituents is 1. The smallest absolute Gasteiger partial charge is 0.345 e. The highest BCUT2D eigenvalue weighted by Crippen LogP contribution is 2.44. The predicted octanol–water partition coefficient (Wildman–Crippen LogP) is 2.96. The topological polar surface area (TPSA) is 151 Å². The van der Waals surface area contributed by atoms with Crippen LogP contribution in [0.25, 0.3) is 0 Å². The number of anilines is 1. The number of rotatable bonds is 7. The number of carbonyl (C=O) groups excluding carboxylic acids is 1. The zero-order valence-electron chi connectivity index (χ0n) is 22.6. The van der Waals surface area contributed by atoms with E-state index in [9.17, 15) is 18.3 Å². The van der Waals surface area contributed by atoms with Crippen molar-refractivity contribution in [3.63, 3.8) is 0 Å². The maximum Gasteiger partial charge on any atom is 0.345 e. The van der Waals surface area contributed by atoms with E-state index in [1.165, 1.54) is 38.4 Å². The van der Waals surface area contributed by atoms with Gasteiger partial charge in [-0.2, -0.15) is 8.42 Å². The molecule has 0 fully saturated rings. The van der Waals surface area contributed by atoms with Crippen LogP contribution >= 0.6 is 0 Å². The van der Waals surface area contributed by atoms with E-state index in [4.69, 9.17) is 19.2 Å². The Morgan fingerprint density at radius 2 is 1.71 bits per heavy atom. The van der Waals surface area contributed by atoms with E-state index >= 15 is 0 Å². The molecule has 0 bridgehead atoms. The Hall–Kier alpha value is -4.00. The largest absolute Gasteiger partial charge is 0.505 e. The van der Waals surface area contributed by atoms with Crippen molar-refractivity contribution >= 4 is 33.5 Å². The first-order valence-electron chi connectivity index (χ1n) is 11.5. The van der Waals surface area contributed by atoms with E-state index in [1.54, 1.807) is 32.3 Å². The van der Waals surface area contributed by atoms with E-state index in [0.717, 1.165) is 0 Å². The van der Waals surface area contributed by atoms with E-state index < -0.39 is 27.6 Å². The van der Waals surface area contributed by atoms with Crippen molar-refractivity contribution in [2.45, 2.75) is 26.8 Å². The van der Waals surface area contributed by atoms with Gasteiger partial charge in [0.05, 0.1) is 38.6 Å². The van der Waals surface area contributed by atoms with Crippen molar-refractivity contribution in [3.05, 3.63) is 41.5 Å². The summed E-state index contributed by atoms with van der Waals surface area (Å²) in [5, 5.41) is 13.5. The number of hydrogen-bond donors (Lipinski definition) is 3. The number of hydrogen-bond acceptors (Lipinski definition) is 9. The zero-order chi connectivity index (χ0) is 28.4. The van der Waals surface area contributed by atoms with Crippen LogP contribution in [-0.4, -0.2) is 71.4 Å². The van der Waals surface area contributed by atoms with Gasteiger partial charge in [0.15, 0.2) is 28.9 Å². The SMILES string of the molecule is COc1cc(C(N=C2NS(=O)(=O)N=C2Nc2cccc(C(=O)N(C)C)c2O)C(C)(C)C)cc(OC)c1OC. The second kappa shape index (κ2) is 10.8. The number of ether oxygens (including phenoxy) is 3. The van der Waals surface area contributed by atoms with Crippen molar-refractivity contribution in [1.29, 1.82) is 0 Å². The Bertz CT molecular complexity index is 1370. The van der Waals surface area contributed by atoms with Gasteiger partial charge in [-0.15, -0.1) is 4.40 Å². The number of carbonyl (C=O) groups is 1. The number of phenols is 1. The van der Waals surface area contributed by atoms with Crippen molar-refractivity contribution in [2.75, 3.05) is 40.7 Å². The van der Waals surface area contributed by atoms with Gasteiger partial charge in [-0.3, -0.25) is 9.79 Å². The molecule has 206 valence electrons. The Balaban J connectivity index is 2.11. The van der Waals surface area contributed by atoms with E-state index in [1.807, 2.05) is 20.8 Å². The first-order chi connectivity index (χ1) is 17.7. The molecule has 1 atom stereocenters. The molecule has 2 aromatic carbocycles. The summed E-state index contributed by atoms with van der Waals surface area (Å²) in [6.45, 7) is 5.84. The molecule has 12 nitrogen and oxygen atoms in total. The van der Waals surface area contributed by atoms with Crippen molar-refractivity contribution in [2.24, 2.45) is 14.8 Å². The highest BCUT2D eigenvalue weighted by Gasteiger charge is 2.33. The summed E-state index contributed by atoms with van der Waals surface area (Å²) in [5.74, 6) is 0.264. The van der Waals surface area contributed by atoms with Crippen molar-refractivity contribution in [1.82, 2.24) is 9.62 Å². The van der Waals surface area contributed by atoms with Gasteiger partial charge in [-0.05, 0) is 35.2 Å². The summed E-state index contributed by atoms with van der Waals surface area (Å²) in [6, 6.07) is 7.40. The molecule has 1 heterocycles. The number of para-hydroxylation sites is 1. The molecule has 13 heteroatoms. The maximum atomic E-state index is 12.4.